The summed E-state index contributed by atoms with van der Waals surface area (Å²) in [6.45, 7) is 3.62. The van der Waals surface area contributed by atoms with Crippen LogP contribution in [0.5, 0.6) is 0 Å². The van der Waals surface area contributed by atoms with Gasteiger partial charge in [0.25, 0.3) is 11.5 Å². The van der Waals surface area contributed by atoms with Gasteiger partial charge >= 0.3 is 5.97 Å². The molecule has 0 spiro atoms. The molecule has 3 rings (SSSR count). The number of amides is 1. The highest BCUT2D eigenvalue weighted by molar-refractivity contribution is 9.10. The second-order valence-corrected chi connectivity index (χ2v) is 7.04. The summed E-state index contributed by atoms with van der Waals surface area (Å²) < 4.78 is 6.91. The molecule has 3 aromatic rings. The molecular weight excluding hydrogens is 438 g/mol. The minimum atomic E-state index is -0.737. The SMILES string of the molecule is CCOC(=O)c1nn(-c2ccccc2C)c(=O)cc1NC(=O)c1cccc(Br)c1. The molecule has 1 N–H and O–H groups in total. The van der Waals surface area contributed by atoms with Crippen LogP contribution in [0.15, 0.2) is 63.9 Å². The van der Waals surface area contributed by atoms with Crippen LogP contribution in [0.3, 0.4) is 0 Å². The van der Waals surface area contributed by atoms with Crippen molar-refractivity contribution in [2.75, 3.05) is 11.9 Å². The summed E-state index contributed by atoms with van der Waals surface area (Å²) in [5.74, 6) is -1.22. The van der Waals surface area contributed by atoms with Crippen LogP contribution in [0.4, 0.5) is 5.69 Å². The molecule has 1 heterocycles. The Morgan fingerprint density at radius 3 is 2.59 bits per heavy atom. The molecule has 0 unspecified atom stereocenters. The molecule has 0 aliphatic heterocycles. The van der Waals surface area contributed by atoms with E-state index in [0.717, 1.165) is 14.7 Å². The zero-order chi connectivity index (χ0) is 21.0. The van der Waals surface area contributed by atoms with Crippen molar-refractivity contribution >= 4 is 33.5 Å². The average molecular weight is 456 g/mol. The van der Waals surface area contributed by atoms with Gasteiger partial charge in [-0.1, -0.05) is 40.2 Å². The van der Waals surface area contributed by atoms with Crippen LogP contribution < -0.4 is 10.9 Å². The van der Waals surface area contributed by atoms with Crippen LogP contribution >= 0.6 is 15.9 Å². The van der Waals surface area contributed by atoms with Gasteiger partial charge in [-0.3, -0.25) is 9.59 Å². The molecule has 29 heavy (non-hydrogen) atoms. The topological polar surface area (TPSA) is 90.3 Å². The lowest BCUT2D eigenvalue weighted by Crippen LogP contribution is -2.27. The van der Waals surface area contributed by atoms with Gasteiger partial charge in [0.1, 0.15) is 0 Å². The first-order valence-electron chi connectivity index (χ1n) is 8.85. The van der Waals surface area contributed by atoms with Crippen LogP contribution in [-0.4, -0.2) is 28.3 Å². The number of para-hydroxylation sites is 1. The minimum Gasteiger partial charge on any atom is -0.461 e. The van der Waals surface area contributed by atoms with Gasteiger partial charge in [0, 0.05) is 16.1 Å². The Morgan fingerprint density at radius 1 is 1.14 bits per heavy atom. The molecule has 148 valence electrons. The van der Waals surface area contributed by atoms with E-state index in [1.807, 2.05) is 19.1 Å². The number of anilines is 1. The zero-order valence-electron chi connectivity index (χ0n) is 15.8. The van der Waals surface area contributed by atoms with E-state index in [-0.39, 0.29) is 18.0 Å². The van der Waals surface area contributed by atoms with Crippen LogP contribution in [0, 0.1) is 6.92 Å². The van der Waals surface area contributed by atoms with Crippen LogP contribution in [0.2, 0.25) is 0 Å². The molecule has 0 radical (unpaired) electrons. The highest BCUT2D eigenvalue weighted by atomic mass is 79.9. The molecule has 0 saturated heterocycles. The van der Waals surface area contributed by atoms with Crippen molar-refractivity contribution in [3.63, 3.8) is 0 Å². The number of nitrogens with one attached hydrogen (secondary N) is 1. The minimum absolute atomic E-state index is 0.0109. The summed E-state index contributed by atoms with van der Waals surface area (Å²) >= 11 is 3.31. The first kappa shape index (κ1) is 20.5. The number of aryl methyl sites for hydroxylation is 1. The number of hydrogen-bond donors (Lipinski definition) is 1. The summed E-state index contributed by atoms with van der Waals surface area (Å²) in [5, 5.41) is 6.78. The van der Waals surface area contributed by atoms with E-state index in [4.69, 9.17) is 4.74 Å². The van der Waals surface area contributed by atoms with Gasteiger partial charge in [0.05, 0.1) is 18.0 Å². The third-order valence-electron chi connectivity index (χ3n) is 4.08. The van der Waals surface area contributed by atoms with Gasteiger partial charge in [0.15, 0.2) is 5.69 Å². The lowest BCUT2D eigenvalue weighted by Gasteiger charge is -2.13. The summed E-state index contributed by atoms with van der Waals surface area (Å²) in [7, 11) is 0. The number of carbonyl (C=O) groups is 2. The fourth-order valence-electron chi connectivity index (χ4n) is 2.70. The second kappa shape index (κ2) is 8.83. The molecule has 0 aliphatic rings. The Bertz CT molecular complexity index is 1140. The van der Waals surface area contributed by atoms with E-state index in [1.165, 1.54) is 6.07 Å². The molecule has 1 amide bonds. The first-order chi connectivity index (χ1) is 13.9. The largest absolute Gasteiger partial charge is 0.461 e. The lowest BCUT2D eigenvalue weighted by molar-refractivity contribution is 0.0518. The highest BCUT2D eigenvalue weighted by Crippen LogP contribution is 2.18. The van der Waals surface area contributed by atoms with Gasteiger partial charge in [0.2, 0.25) is 0 Å². The van der Waals surface area contributed by atoms with Crippen molar-refractivity contribution in [1.82, 2.24) is 9.78 Å². The molecule has 1 aromatic heterocycles. The second-order valence-electron chi connectivity index (χ2n) is 6.13. The van der Waals surface area contributed by atoms with Crippen molar-refractivity contribution in [2.24, 2.45) is 0 Å². The molecule has 8 heteroatoms. The van der Waals surface area contributed by atoms with Crippen molar-refractivity contribution in [3.05, 3.63) is 86.2 Å². The van der Waals surface area contributed by atoms with E-state index < -0.39 is 17.4 Å². The van der Waals surface area contributed by atoms with E-state index in [9.17, 15) is 14.4 Å². The quantitative estimate of drug-likeness (QED) is 0.591. The summed E-state index contributed by atoms with van der Waals surface area (Å²) in [4.78, 5) is 37.7. The summed E-state index contributed by atoms with van der Waals surface area (Å²) in [6.07, 6.45) is 0. The van der Waals surface area contributed by atoms with Gasteiger partial charge in [-0.05, 0) is 43.7 Å². The number of ether oxygens (including phenoxy) is 1. The monoisotopic (exact) mass is 455 g/mol. The number of halogens is 1. The van der Waals surface area contributed by atoms with Crippen molar-refractivity contribution in [1.29, 1.82) is 0 Å². The maximum atomic E-state index is 12.7. The number of rotatable bonds is 5. The van der Waals surface area contributed by atoms with Crippen LogP contribution in [0.1, 0.15) is 33.3 Å². The number of carbonyl (C=O) groups excluding carboxylic acids is 2. The molecule has 0 bridgehead atoms. The van der Waals surface area contributed by atoms with Gasteiger partial charge in [-0.15, -0.1) is 0 Å². The Hall–Kier alpha value is -3.26. The standard InChI is InChI=1S/C21H18BrN3O4/c1-3-29-21(28)19-16(23-20(27)14-8-6-9-15(22)11-14)12-18(26)25(24-19)17-10-5-4-7-13(17)2/h4-12H,3H2,1-2H3,(H,23,27). The van der Waals surface area contributed by atoms with Crippen molar-refractivity contribution in [2.45, 2.75) is 13.8 Å². The maximum absolute atomic E-state index is 12.7. The van der Waals surface area contributed by atoms with Gasteiger partial charge in [-0.25, -0.2) is 4.79 Å². The molecule has 0 fully saturated rings. The normalized spacial score (nSPS) is 10.4. The molecule has 0 atom stereocenters. The third-order valence-corrected chi connectivity index (χ3v) is 4.57. The van der Waals surface area contributed by atoms with Crippen LogP contribution in [0.25, 0.3) is 5.69 Å². The fourth-order valence-corrected chi connectivity index (χ4v) is 3.10. The smallest absolute Gasteiger partial charge is 0.360 e. The van der Waals surface area contributed by atoms with Crippen molar-refractivity contribution < 1.29 is 14.3 Å². The molecular formula is C21H18BrN3O4. The van der Waals surface area contributed by atoms with E-state index in [1.54, 1.807) is 43.3 Å². The van der Waals surface area contributed by atoms with E-state index in [0.29, 0.717) is 11.3 Å². The Kier molecular flexibility index (Phi) is 6.23. The molecule has 2 aromatic carbocycles. The fraction of sp³-hybridized carbons (Fsp3) is 0.143. The molecule has 7 nitrogen and oxygen atoms in total. The Labute approximate surface area is 175 Å². The van der Waals surface area contributed by atoms with Gasteiger partial charge < -0.3 is 10.1 Å². The first-order valence-corrected chi connectivity index (χ1v) is 9.64. The third kappa shape index (κ3) is 4.60. The lowest BCUT2D eigenvalue weighted by atomic mass is 10.2. The maximum Gasteiger partial charge on any atom is 0.360 e. The zero-order valence-corrected chi connectivity index (χ0v) is 17.4. The summed E-state index contributed by atoms with van der Waals surface area (Å²) in [6, 6.07) is 15.1. The number of aromatic nitrogens is 2. The number of hydrogen-bond acceptors (Lipinski definition) is 5. The summed E-state index contributed by atoms with van der Waals surface area (Å²) in [5.41, 5.74) is 1.05. The Morgan fingerprint density at radius 2 is 1.90 bits per heavy atom. The highest BCUT2D eigenvalue weighted by Gasteiger charge is 2.21. The predicted molar refractivity (Wildman–Crippen MR) is 113 cm³/mol. The predicted octanol–water partition coefficient (Wildman–Crippen LogP) is 3.73. The molecule has 0 saturated carbocycles. The molecule has 0 aliphatic carbocycles. The Balaban J connectivity index is 2.08. The van der Waals surface area contributed by atoms with E-state index in [2.05, 4.69) is 26.3 Å². The van der Waals surface area contributed by atoms with Crippen LogP contribution in [-0.2, 0) is 4.74 Å². The van der Waals surface area contributed by atoms with E-state index >= 15 is 0 Å². The number of esters is 1. The van der Waals surface area contributed by atoms with Gasteiger partial charge in [-0.2, -0.15) is 9.78 Å². The number of benzene rings is 2. The average Bonchev–Trinajstić information content (AvgIpc) is 2.69. The van der Waals surface area contributed by atoms with Crippen molar-refractivity contribution in [3.8, 4) is 5.69 Å². The number of nitrogens with zero attached hydrogens (tertiary/aromatic N) is 2.